The lowest BCUT2D eigenvalue weighted by Crippen LogP contribution is -2.50. The number of nitrogens with one attached hydrogen (secondary N) is 1. The lowest BCUT2D eigenvalue weighted by molar-refractivity contribution is -0.164. The first-order valence-corrected chi connectivity index (χ1v) is 17.7. The molecule has 2 aromatic heterocycles. The Labute approximate surface area is 319 Å². The third kappa shape index (κ3) is 7.02. The molecule has 2 fully saturated rings. The number of nitrogens with zero attached hydrogens (tertiary/aromatic N) is 8. The second-order valence-electron chi connectivity index (χ2n) is 15.2. The standard InChI is InChI=1S/C35H34ClF7N10O3/c1-32(2,3)15-34(20-8-7-19(25(37)26(20)38)22-13-46-53(50-22)18-5-6-18)29(54)51(30(44)48-34)24(14-56-31(55)49-33(10-11-33)35(41,42)43)17-4-9-21(36)23(12-17)52-28(27(39)40)45-16-47-52/h4,7-9,12-13,16,18,24,27H,5-6,10-11,14-15H2,1-3H3,(H2,44,48)(H,49,55)/t24-,34-/m1/s1. The number of carbonyl (C=O) groups excluding carboxylic acids is 2. The molecular weight excluding hydrogens is 777 g/mol. The topological polar surface area (TPSA) is 158 Å². The van der Waals surface area contributed by atoms with E-state index in [0.29, 0.717) is 0 Å². The number of guanidine groups is 1. The number of benzene rings is 2. The Morgan fingerprint density at radius 3 is 2.43 bits per heavy atom. The van der Waals surface area contributed by atoms with E-state index in [9.17, 15) is 31.5 Å². The fourth-order valence-electron chi connectivity index (χ4n) is 6.80. The number of rotatable bonds is 11. The van der Waals surface area contributed by atoms with Crippen LogP contribution in [-0.4, -0.2) is 70.9 Å². The smallest absolute Gasteiger partial charge is 0.411 e. The highest BCUT2D eigenvalue weighted by Gasteiger charge is 2.65. The normalized spacial score (nSPS) is 20.0. The highest BCUT2D eigenvalue weighted by atomic mass is 35.5. The second kappa shape index (κ2) is 13.7. The lowest BCUT2D eigenvalue weighted by Gasteiger charge is -2.35. The van der Waals surface area contributed by atoms with Gasteiger partial charge < -0.3 is 15.8 Å². The molecule has 2 saturated carbocycles. The number of aromatic nitrogens is 6. The van der Waals surface area contributed by atoms with Crippen molar-refractivity contribution in [2.24, 2.45) is 16.1 Å². The summed E-state index contributed by atoms with van der Waals surface area (Å²) in [4.78, 5) is 38.1. The van der Waals surface area contributed by atoms with E-state index in [2.05, 4.69) is 25.3 Å². The summed E-state index contributed by atoms with van der Waals surface area (Å²) in [7, 11) is 0. The summed E-state index contributed by atoms with van der Waals surface area (Å²) >= 11 is 6.39. The van der Waals surface area contributed by atoms with Crippen molar-refractivity contribution in [1.29, 1.82) is 0 Å². The highest BCUT2D eigenvalue weighted by molar-refractivity contribution is 6.32. The van der Waals surface area contributed by atoms with Gasteiger partial charge in [0.2, 0.25) is 0 Å². The van der Waals surface area contributed by atoms with Crippen molar-refractivity contribution in [2.45, 2.75) is 88.6 Å². The van der Waals surface area contributed by atoms with Crippen LogP contribution in [0.15, 0.2) is 47.8 Å². The molecule has 56 heavy (non-hydrogen) atoms. The maximum atomic E-state index is 16.4. The van der Waals surface area contributed by atoms with E-state index in [0.717, 1.165) is 28.8 Å². The first-order valence-electron chi connectivity index (χ1n) is 17.3. The zero-order chi connectivity index (χ0) is 40.5. The number of hydrogen-bond donors (Lipinski definition) is 2. The van der Waals surface area contributed by atoms with Gasteiger partial charge in [0.05, 0.1) is 29.0 Å². The molecule has 2 aromatic carbocycles. The Morgan fingerprint density at radius 1 is 1.09 bits per heavy atom. The number of halogens is 8. The first-order chi connectivity index (χ1) is 26.2. The van der Waals surface area contributed by atoms with Gasteiger partial charge >= 0.3 is 12.3 Å². The maximum absolute atomic E-state index is 16.4. The van der Waals surface area contributed by atoms with Crippen LogP contribution in [0.25, 0.3) is 16.9 Å². The average molecular weight is 811 g/mol. The third-order valence-corrected chi connectivity index (χ3v) is 10.1. The molecule has 2 atom stereocenters. The molecular formula is C35H34ClF7N10O3. The van der Waals surface area contributed by atoms with E-state index in [4.69, 9.17) is 22.1 Å². The number of carbonyl (C=O) groups is 2. The Hall–Kier alpha value is -5.27. The molecule has 3 aliphatic rings. The van der Waals surface area contributed by atoms with Crippen molar-refractivity contribution in [3.63, 3.8) is 0 Å². The molecule has 3 N–H and O–H groups in total. The summed E-state index contributed by atoms with van der Waals surface area (Å²) in [5.74, 6) is -5.11. The molecule has 2 aliphatic carbocycles. The first kappa shape index (κ1) is 39.0. The van der Waals surface area contributed by atoms with Crippen LogP contribution in [0.1, 0.15) is 88.3 Å². The summed E-state index contributed by atoms with van der Waals surface area (Å²) in [5.41, 5.74) is 0.0990. The predicted octanol–water partition coefficient (Wildman–Crippen LogP) is 7.08. The molecule has 298 valence electrons. The molecule has 13 nitrogen and oxygen atoms in total. The van der Waals surface area contributed by atoms with E-state index in [1.807, 2.05) is 5.32 Å². The van der Waals surface area contributed by atoms with Crippen molar-refractivity contribution in [3.05, 3.63) is 76.5 Å². The molecule has 7 rings (SSSR count). The van der Waals surface area contributed by atoms with Gasteiger partial charge in [-0.2, -0.15) is 33.3 Å². The van der Waals surface area contributed by atoms with Gasteiger partial charge in [0, 0.05) is 11.1 Å². The Kier molecular flexibility index (Phi) is 9.56. The average Bonchev–Trinajstić information content (AvgIpc) is 3.98. The summed E-state index contributed by atoms with van der Waals surface area (Å²) in [6, 6.07) is 4.74. The summed E-state index contributed by atoms with van der Waals surface area (Å²) < 4.78 is 107. The van der Waals surface area contributed by atoms with Gasteiger partial charge in [0.1, 0.15) is 24.2 Å². The van der Waals surface area contributed by atoms with E-state index < -0.39 is 82.7 Å². The van der Waals surface area contributed by atoms with E-state index >= 15 is 8.78 Å². The lowest BCUT2D eigenvalue weighted by atomic mass is 9.75. The number of hydrogen-bond acceptors (Lipinski definition) is 9. The molecule has 21 heteroatoms. The maximum Gasteiger partial charge on any atom is 0.411 e. The number of aliphatic imine (C=N–C) groups is 1. The molecule has 0 radical (unpaired) electrons. The van der Waals surface area contributed by atoms with Gasteiger partial charge in [-0.25, -0.2) is 37.0 Å². The van der Waals surface area contributed by atoms with Crippen molar-refractivity contribution < 1.29 is 45.1 Å². The van der Waals surface area contributed by atoms with E-state index in [-0.39, 0.29) is 52.8 Å². The number of alkyl carbamates (subject to hydrolysis) is 1. The van der Waals surface area contributed by atoms with Gasteiger partial charge in [-0.1, -0.05) is 44.5 Å². The monoisotopic (exact) mass is 810 g/mol. The van der Waals surface area contributed by atoms with Crippen LogP contribution in [-0.2, 0) is 15.1 Å². The summed E-state index contributed by atoms with van der Waals surface area (Å²) in [6.07, 6.45) is -6.55. The quantitative estimate of drug-likeness (QED) is 0.152. The van der Waals surface area contributed by atoms with Crippen molar-refractivity contribution in [3.8, 4) is 16.9 Å². The third-order valence-electron chi connectivity index (χ3n) is 9.77. The van der Waals surface area contributed by atoms with Gasteiger partial charge in [0.25, 0.3) is 12.3 Å². The van der Waals surface area contributed by atoms with Crippen LogP contribution >= 0.6 is 11.6 Å². The van der Waals surface area contributed by atoms with Gasteiger partial charge in [-0.05, 0) is 61.3 Å². The molecule has 0 bridgehead atoms. The van der Waals surface area contributed by atoms with Crippen molar-refractivity contribution in [2.75, 3.05) is 6.61 Å². The van der Waals surface area contributed by atoms with Crippen LogP contribution in [0.5, 0.6) is 0 Å². The van der Waals surface area contributed by atoms with Gasteiger partial charge in [-0.15, -0.1) is 0 Å². The Bertz CT molecular complexity index is 2230. The fraction of sp³-hybridized carbons (Fsp3) is 0.457. The minimum atomic E-state index is -4.78. The van der Waals surface area contributed by atoms with Crippen LogP contribution in [0, 0.1) is 17.0 Å². The molecule has 2 amide bonds. The number of nitrogens with two attached hydrogens (primary N) is 1. The summed E-state index contributed by atoms with van der Waals surface area (Å²) in [6.45, 7) is 4.29. The minimum Gasteiger partial charge on any atom is -0.447 e. The van der Waals surface area contributed by atoms with E-state index in [1.165, 1.54) is 41.3 Å². The van der Waals surface area contributed by atoms with Crippen LogP contribution in [0.2, 0.25) is 5.02 Å². The van der Waals surface area contributed by atoms with Crippen molar-refractivity contribution >= 4 is 29.6 Å². The van der Waals surface area contributed by atoms with Gasteiger partial charge in [0.15, 0.2) is 29.0 Å². The van der Waals surface area contributed by atoms with Crippen molar-refractivity contribution in [1.82, 2.24) is 40.0 Å². The summed E-state index contributed by atoms with van der Waals surface area (Å²) in [5, 5.41) is 14.0. The zero-order valence-electron chi connectivity index (χ0n) is 29.9. The van der Waals surface area contributed by atoms with Crippen LogP contribution in [0.4, 0.5) is 35.5 Å². The molecule has 0 saturated heterocycles. The molecule has 1 aliphatic heterocycles. The van der Waals surface area contributed by atoms with Crippen LogP contribution < -0.4 is 11.1 Å². The van der Waals surface area contributed by atoms with Gasteiger partial charge in [-0.3, -0.25) is 9.69 Å². The number of ether oxygens (including phenoxy) is 1. The number of amides is 2. The second-order valence-corrected chi connectivity index (χ2v) is 15.6. The number of alkyl halides is 5. The molecule has 0 spiro atoms. The largest absolute Gasteiger partial charge is 0.447 e. The zero-order valence-corrected chi connectivity index (χ0v) is 30.7. The molecule has 0 unspecified atom stereocenters. The molecule has 3 heterocycles. The molecule has 4 aromatic rings. The predicted molar refractivity (Wildman–Crippen MR) is 184 cm³/mol. The van der Waals surface area contributed by atoms with E-state index in [1.54, 1.807) is 20.8 Å². The highest BCUT2D eigenvalue weighted by Crippen LogP contribution is 2.50. The SMILES string of the molecule is CC(C)(C)C[C@]1(c2ccc(-c3cnn(C4CC4)n3)c(F)c2F)N=C(N)N([C@H](COC(=O)NC2(C(F)(F)F)CC2)c2ccc(Cl)c(-n3ncnc3C(F)F)c2)C1=O. The van der Waals surface area contributed by atoms with Crippen LogP contribution in [0.3, 0.4) is 0 Å². The minimum absolute atomic E-state index is 0.00341. The Morgan fingerprint density at radius 2 is 1.80 bits per heavy atom. The fourth-order valence-corrected chi connectivity index (χ4v) is 6.99. The Balaban J connectivity index is 1.30.